The Labute approximate surface area is 115 Å². The molecule has 2 nitrogen and oxygen atoms in total. The normalized spacial score (nSPS) is 20.6. The summed E-state index contributed by atoms with van der Waals surface area (Å²) in [5.74, 6) is 0. The molecule has 1 heterocycles. The average molecular weight is 254 g/mol. The molecule has 1 saturated carbocycles. The summed E-state index contributed by atoms with van der Waals surface area (Å²) < 4.78 is 0. The largest absolute Gasteiger partial charge is 0.309 e. The molecule has 1 aromatic heterocycles. The minimum absolute atomic E-state index is 0.385. The molecule has 1 aliphatic carbocycles. The number of hydrogen-bond acceptors (Lipinski definition) is 2. The lowest BCUT2D eigenvalue weighted by molar-refractivity contribution is 0.457. The molecule has 2 heteroatoms. The molecule has 0 spiro atoms. The van der Waals surface area contributed by atoms with Crippen LogP contribution < -0.4 is 5.32 Å². The summed E-state index contributed by atoms with van der Waals surface area (Å²) >= 11 is 0. The first-order chi connectivity index (χ1) is 8.94. The molecule has 0 saturated heterocycles. The number of benzene rings is 1. The van der Waals surface area contributed by atoms with Crippen molar-refractivity contribution in [3.8, 4) is 0 Å². The van der Waals surface area contributed by atoms with Crippen LogP contribution >= 0.6 is 0 Å². The van der Waals surface area contributed by atoms with E-state index in [4.69, 9.17) is 0 Å². The minimum atomic E-state index is 0.385. The maximum atomic E-state index is 4.41. The Kier molecular flexibility index (Phi) is 2.68. The Morgan fingerprint density at radius 3 is 2.42 bits per heavy atom. The fourth-order valence-corrected chi connectivity index (χ4v) is 3.23. The third-order valence-corrected chi connectivity index (χ3v) is 5.26. The van der Waals surface area contributed by atoms with E-state index in [1.165, 1.54) is 10.9 Å². The molecule has 0 radical (unpaired) electrons. The molecule has 1 aliphatic rings. The van der Waals surface area contributed by atoms with Gasteiger partial charge in [-0.1, -0.05) is 45.9 Å². The highest BCUT2D eigenvalue weighted by Gasteiger charge is 2.64. The molecular weight excluding hydrogens is 232 g/mol. The number of pyridine rings is 1. The zero-order chi connectivity index (χ0) is 13.7. The standard InChI is InChI=1S/C17H22N2/c1-16(2)15(17(16,3)4)19-11-12-9-10-18-14-8-6-5-7-13(12)14/h5-10,15,19H,11H2,1-4H3. The van der Waals surface area contributed by atoms with E-state index in [9.17, 15) is 0 Å². The Morgan fingerprint density at radius 2 is 1.74 bits per heavy atom. The van der Waals surface area contributed by atoms with Gasteiger partial charge in [0, 0.05) is 24.2 Å². The second-order valence-corrected chi connectivity index (χ2v) is 6.74. The fourth-order valence-electron chi connectivity index (χ4n) is 3.23. The lowest BCUT2D eigenvalue weighted by Gasteiger charge is -2.09. The SMILES string of the molecule is CC1(C)C(NCc2ccnc3ccccc23)C1(C)C. The molecule has 0 unspecified atom stereocenters. The van der Waals surface area contributed by atoms with Gasteiger partial charge in [0.1, 0.15) is 0 Å². The third-order valence-electron chi connectivity index (χ3n) is 5.26. The van der Waals surface area contributed by atoms with Gasteiger partial charge in [0.25, 0.3) is 0 Å². The molecule has 3 rings (SSSR count). The first-order valence-electron chi connectivity index (χ1n) is 7.00. The van der Waals surface area contributed by atoms with Crippen molar-refractivity contribution < 1.29 is 0 Å². The number of para-hydroxylation sites is 1. The molecule has 1 aromatic carbocycles. The van der Waals surface area contributed by atoms with Gasteiger partial charge in [-0.05, 0) is 28.5 Å². The van der Waals surface area contributed by atoms with Crippen molar-refractivity contribution in [2.75, 3.05) is 0 Å². The summed E-state index contributed by atoms with van der Waals surface area (Å²) in [6, 6.07) is 11.1. The average Bonchev–Trinajstić information content (AvgIpc) is 2.77. The van der Waals surface area contributed by atoms with Gasteiger partial charge in [-0.15, -0.1) is 0 Å². The van der Waals surface area contributed by atoms with Crippen LogP contribution in [-0.2, 0) is 6.54 Å². The van der Waals surface area contributed by atoms with Crippen LogP contribution in [0.1, 0.15) is 33.3 Å². The summed E-state index contributed by atoms with van der Waals surface area (Å²) in [5.41, 5.74) is 3.19. The number of nitrogens with one attached hydrogen (secondary N) is 1. The lowest BCUT2D eigenvalue weighted by Crippen LogP contribution is -2.21. The highest BCUT2D eigenvalue weighted by Crippen LogP contribution is 2.62. The van der Waals surface area contributed by atoms with E-state index in [2.05, 4.69) is 62.3 Å². The summed E-state index contributed by atoms with van der Waals surface area (Å²) in [4.78, 5) is 4.41. The Bertz CT molecular complexity index is 594. The molecule has 100 valence electrons. The smallest absolute Gasteiger partial charge is 0.0705 e. The predicted octanol–water partition coefficient (Wildman–Crippen LogP) is 3.76. The number of hydrogen-bond donors (Lipinski definition) is 1. The Morgan fingerprint density at radius 1 is 1.05 bits per heavy atom. The van der Waals surface area contributed by atoms with Crippen molar-refractivity contribution in [2.24, 2.45) is 10.8 Å². The molecule has 0 amide bonds. The zero-order valence-electron chi connectivity index (χ0n) is 12.2. The number of nitrogens with zero attached hydrogens (tertiary/aromatic N) is 1. The van der Waals surface area contributed by atoms with Gasteiger partial charge < -0.3 is 5.32 Å². The predicted molar refractivity (Wildman–Crippen MR) is 79.9 cm³/mol. The molecule has 1 fully saturated rings. The second-order valence-electron chi connectivity index (χ2n) is 6.74. The van der Waals surface area contributed by atoms with Crippen LogP contribution in [0.4, 0.5) is 0 Å². The van der Waals surface area contributed by atoms with E-state index < -0.39 is 0 Å². The Balaban J connectivity index is 1.81. The number of rotatable bonds is 3. The molecular formula is C17H22N2. The molecule has 0 bridgehead atoms. The fraction of sp³-hybridized carbons (Fsp3) is 0.471. The van der Waals surface area contributed by atoms with E-state index >= 15 is 0 Å². The maximum Gasteiger partial charge on any atom is 0.0705 e. The van der Waals surface area contributed by atoms with Crippen LogP contribution in [-0.4, -0.2) is 11.0 Å². The summed E-state index contributed by atoms with van der Waals surface area (Å²) in [5, 5.41) is 4.98. The van der Waals surface area contributed by atoms with E-state index in [0.29, 0.717) is 16.9 Å². The first-order valence-corrected chi connectivity index (χ1v) is 7.00. The molecule has 1 N–H and O–H groups in total. The van der Waals surface area contributed by atoms with Crippen molar-refractivity contribution in [3.63, 3.8) is 0 Å². The summed E-state index contributed by atoms with van der Waals surface area (Å²) in [6.07, 6.45) is 1.91. The van der Waals surface area contributed by atoms with Gasteiger partial charge in [-0.25, -0.2) is 0 Å². The van der Waals surface area contributed by atoms with E-state index in [-0.39, 0.29) is 0 Å². The van der Waals surface area contributed by atoms with Crippen LogP contribution in [0.15, 0.2) is 36.5 Å². The van der Waals surface area contributed by atoms with Crippen molar-refractivity contribution in [2.45, 2.75) is 40.3 Å². The Hall–Kier alpha value is -1.41. The molecule has 0 aliphatic heterocycles. The maximum absolute atomic E-state index is 4.41. The summed E-state index contributed by atoms with van der Waals surface area (Å²) in [7, 11) is 0. The van der Waals surface area contributed by atoms with Crippen LogP contribution in [0.2, 0.25) is 0 Å². The first kappa shape index (κ1) is 12.6. The van der Waals surface area contributed by atoms with Gasteiger partial charge in [-0.3, -0.25) is 4.98 Å². The van der Waals surface area contributed by atoms with Crippen molar-refractivity contribution >= 4 is 10.9 Å². The van der Waals surface area contributed by atoms with Crippen molar-refractivity contribution in [3.05, 3.63) is 42.1 Å². The van der Waals surface area contributed by atoms with Gasteiger partial charge in [0.15, 0.2) is 0 Å². The highest BCUT2D eigenvalue weighted by atomic mass is 15.0. The van der Waals surface area contributed by atoms with E-state index in [0.717, 1.165) is 12.1 Å². The highest BCUT2D eigenvalue weighted by molar-refractivity contribution is 5.81. The number of aromatic nitrogens is 1. The van der Waals surface area contributed by atoms with E-state index in [1.807, 2.05) is 12.3 Å². The third kappa shape index (κ3) is 1.86. The van der Waals surface area contributed by atoms with Gasteiger partial charge >= 0.3 is 0 Å². The van der Waals surface area contributed by atoms with Gasteiger partial charge in [0.05, 0.1) is 5.52 Å². The zero-order valence-corrected chi connectivity index (χ0v) is 12.2. The van der Waals surface area contributed by atoms with Crippen LogP contribution in [0, 0.1) is 10.8 Å². The van der Waals surface area contributed by atoms with Crippen LogP contribution in [0.3, 0.4) is 0 Å². The number of fused-ring (bicyclic) bond motifs is 1. The monoisotopic (exact) mass is 254 g/mol. The molecule has 2 aromatic rings. The van der Waals surface area contributed by atoms with E-state index in [1.54, 1.807) is 0 Å². The topological polar surface area (TPSA) is 24.9 Å². The van der Waals surface area contributed by atoms with Crippen molar-refractivity contribution in [1.82, 2.24) is 10.3 Å². The van der Waals surface area contributed by atoms with Crippen LogP contribution in [0.5, 0.6) is 0 Å². The summed E-state index contributed by atoms with van der Waals surface area (Å²) in [6.45, 7) is 10.3. The van der Waals surface area contributed by atoms with Gasteiger partial charge in [-0.2, -0.15) is 0 Å². The lowest BCUT2D eigenvalue weighted by atomic mass is 10.0. The van der Waals surface area contributed by atoms with Gasteiger partial charge in [0.2, 0.25) is 0 Å². The molecule has 0 atom stereocenters. The quantitative estimate of drug-likeness (QED) is 0.902. The van der Waals surface area contributed by atoms with Crippen LogP contribution in [0.25, 0.3) is 10.9 Å². The van der Waals surface area contributed by atoms with Crippen molar-refractivity contribution in [1.29, 1.82) is 0 Å². The molecule has 19 heavy (non-hydrogen) atoms. The second kappa shape index (κ2) is 4.04. The minimum Gasteiger partial charge on any atom is -0.309 e.